The summed E-state index contributed by atoms with van der Waals surface area (Å²) in [4.78, 5) is 11.5. The van der Waals surface area contributed by atoms with Crippen LogP contribution in [0.3, 0.4) is 0 Å². The third kappa shape index (κ3) is 4.53. The van der Waals surface area contributed by atoms with Crippen LogP contribution in [-0.2, 0) is 11.3 Å². The van der Waals surface area contributed by atoms with E-state index in [4.69, 9.17) is 0 Å². The lowest BCUT2D eigenvalue weighted by Crippen LogP contribution is -2.31. The quantitative estimate of drug-likeness (QED) is 0.814. The van der Waals surface area contributed by atoms with Gasteiger partial charge in [0.25, 0.3) is 12.9 Å². The highest BCUT2D eigenvalue weighted by Crippen LogP contribution is 2.24. The van der Waals surface area contributed by atoms with E-state index < -0.39 is 36.7 Å². The maximum atomic E-state index is 12.6. The van der Waals surface area contributed by atoms with Gasteiger partial charge in [0.2, 0.25) is 5.91 Å². The number of amides is 1. The van der Waals surface area contributed by atoms with Crippen molar-refractivity contribution in [2.24, 2.45) is 5.92 Å². The number of nitrogens with zero attached hydrogens (tertiary/aromatic N) is 2. The summed E-state index contributed by atoms with van der Waals surface area (Å²) < 4.78 is 50.7. The first-order valence-corrected chi connectivity index (χ1v) is 5.72. The first-order chi connectivity index (χ1) is 8.81. The molecule has 8 heteroatoms. The van der Waals surface area contributed by atoms with Crippen LogP contribution in [0.4, 0.5) is 17.6 Å². The molecule has 19 heavy (non-hydrogen) atoms. The van der Waals surface area contributed by atoms with Crippen LogP contribution in [0.5, 0.6) is 0 Å². The fraction of sp³-hybridized carbons (Fsp3) is 0.636. The molecule has 0 saturated carbocycles. The van der Waals surface area contributed by atoms with Crippen LogP contribution < -0.4 is 5.32 Å². The Labute approximate surface area is 107 Å². The number of halogens is 4. The van der Waals surface area contributed by atoms with Crippen molar-refractivity contribution < 1.29 is 22.4 Å². The van der Waals surface area contributed by atoms with Crippen molar-refractivity contribution in [1.29, 1.82) is 0 Å². The zero-order valence-corrected chi connectivity index (χ0v) is 10.5. The first-order valence-electron chi connectivity index (χ1n) is 5.72. The third-order valence-corrected chi connectivity index (χ3v) is 2.28. The summed E-state index contributed by atoms with van der Waals surface area (Å²) in [5.41, 5.74) is -1.44. The molecule has 1 aromatic rings. The molecule has 1 aromatic heterocycles. The summed E-state index contributed by atoms with van der Waals surface area (Å²) in [6.45, 7) is 3.62. The van der Waals surface area contributed by atoms with E-state index in [-0.39, 0.29) is 5.92 Å². The number of alkyl halides is 4. The lowest BCUT2D eigenvalue weighted by atomic mass is 10.2. The predicted molar refractivity (Wildman–Crippen MR) is 60.0 cm³/mol. The van der Waals surface area contributed by atoms with Crippen molar-refractivity contribution in [2.45, 2.75) is 33.2 Å². The molecule has 1 heterocycles. The minimum absolute atomic E-state index is 0.202. The topological polar surface area (TPSA) is 46.9 Å². The Morgan fingerprint density at radius 3 is 2.42 bits per heavy atom. The molecule has 1 N–H and O–H groups in total. The molecule has 1 amide bonds. The lowest BCUT2D eigenvalue weighted by molar-refractivity contribution is -0.122. The first kappa shape index (κ1) is 15.5. The van der Waals surface area contributed by atoms with Gasteiger partial charge < -0.3 is 5.32 Å². The monoisotopic (exact) mass is 281 g/mol. The standard InChI is InChI=1S/C11H15F4N3O/c1-6(2)4-16-9(19)5-18-8(11(14)15)3-7(17-18)10(12)13/h3,6,10-11H,4-5H2,1-2H3,(H,16,19). The molecule has 0 bridgehead atoms. The number of carbonyl (C=O) groups is 1. The molecular formula is C11H15F4N3O. The number of nitrogens with one attached hydrogen (secondary N) is 1. The Hall–Kier alpha value is -1.60. The van der Waals surface area contributed by atoms with Gasteiger partial charge in [-0.15, -0.1) is 0 Å². The lowest BCUT2D eigenvalue weighted by Gasteiger charge is -2.09. The van der Waals surface area contributed by atoms with E-state index in [1.54, 1.807) is 0 Å². The minimum atomic E-state index is -2.96. The van der Waals surface area contributed by atoms with E-state index in [1.165, 1.54) is 0 Å². The maximum absolute atomic E-state index is 12.6. The van der Waals surface area contributed by atoms with Crippen LogP contribution in [0.2, 0.25) is 0 Å². The number of rotatable bonds is 6. The molecule has 0 aromatic carbocycles. The van der Waals surface area contributed by atoms with Crippen LogP contribution in [0, 0.1) is 5.92 Å². The fourth-order valence-corrected chi connectivity index (χ4v) is 1.37. The Balaban J connectivity index is 2.78. The van der Waals surface area contributed by atoms with Gasteiger partial charge in [0.1, 0.15) is 17.9 Å². The molecule has 0 aliphatic heterocycles. The molecule has 0 radical (unpaired) electrons. The van der Waals surface area contributed by atoms with Crippen LogP contribution in [0.25, 0.3) is 0 Å². The normalized spacial score (nSPS) is 11.6. The molecule has 0 saturated heterocycles. The number of aromatic nitrogens is 2. The number of carbonyl (C=O) groups excluding carboxylic acids is 1. The summed E-state index contributed by atoms with van der Waals surface area (Å²) in [6.07, 6.45) is -5.91. The smallest absolute Gasteiger partial charge is 0.282 e. The van der Waals surface area contributed by atoms with Crippen LogP contribution in [0.15, 0.2) is 6.07 Å². The van der Waals surface area contributed by atoms with Gasteiger partial charge in [-0.25, -0.2) is 17.6 Å². The van der Waals surface area contributed by atoms with Crippen molar-refractivity contribution in [3.8, 4) is 0 Å². The van der Waals surface area contributed by atoms with Crippen molar-refractivity contribution >= 4 is 5.91 Å². The van der Waals surface area contributed by atoms with E-state index in [1.807, 2.05) is 13.8 Å². The summed E-state index contributed by atoms with van der Waals surface area (Å²) in [5, 5.41) is 5.83. The second-order valence-corrected chi connectivity index (χ2v) is 4.45. The van der Waals surface area contributed by atoms with Crippen molar-refractivity contribution in [2.75, 3.05) is 6.54 Å². The zero-order chi connectivity index (χ0) is 14.6. The highest BCUT2D eigenvalue weighted by molar-refractivity contribution is 5.75. The number of hydrogen-bond acceptors (Lipinski definition) is 2. The van der Waals surface area contributed by atoms with Gasteiger partial charge in [-0.1, -0.05) is 13.8 Å². The largest absolute Gasteiger partial charge is 0.354 e. The van der Waals surface area contributed by atoms with Gasteiger partial charge in [-0.3, -0.25) is 9.48 Å². The fourth-order valence-electron chi connectivity index (χ4n) is 1.37. The average Bonchev–Trinajstić information content (AvgIpc) is 2.70. The molecule has 1 rings (SSSR count). The zero-order valence-electron chi connectivity index (χ0n) is 10.5. The molecule has 0 aliphatic rings. The van der Waals surface area contributed by atoms with Crippen LogP contribution >= 0.6 is 0 Å². The summed E-state index contributed by atoms with van der Waals surface area (Å²) >= 11 is 0. The van der Waals surface area contributed by atoms with Gasteiger partial charge in [0, 0.05) is 6.54 Å². The SMILES string of the molecule is CC(C)CNC(=O)Cn1nc(C(F)F)cc1C(F)F. The van der Waals surface area contributed by atoms with Gasteiger partial charge >= 0.3 is 0 Å². The Morgan fingerprint density at radius 1 is 1.32 bits per heavy atom. The molecule has 108 valence electrons. The van der Waals surface area contributed by atoms with E-state index in [2.05, 4.69) is 10.4 Å². The molecule has 0 unspecified atom stereocenters. The van der Waals surface area contributed by atoms with Crippen LogP contribution in [-0.4, -0.2) is 22.2 Å². The van der Waals surface area contributed by atoms with Gasteiger partial charge in [-0.05, 0) is 12.0 Å². The molecule has 0 fully saturated rings. The van der Waals surface area contributed by atoms with E-state index in [0.29, 0.717) is 17.3 Å². The highest BCUT2D eigenvalue weighted by atomic mass is 19.3. The highest BCUT2D eigenvalue weighted by Gasteiger charge is 2.22. The second kappa shape index (κ2) is 6.53. The predicted octanol–water partition coefficient (Wildman–Crippen LogP) is 2.53. The maximum Gasteiger partial charge on any atom is 0.282 e. The molecule has 4 nitrogen and oxygen atoms in total. The minimum Gasteiger partial charge on any atom is -0.354 e. The van der Waals surface area contributed by atoms with Crippen LogP contribution in [0.1, 0.15) is 38.1 Å². The third-order valence-electron chi connectivity index (χ3n) is 2.28. The Morgan fingerprint density at radius 2 is 1.95 bits per heavy atom. The van der Waals surface area contributed by atoms with E-state index in [9.17, 15) is 22.4 Å². The second-order valence-electron chi connectivity index (χ2n) is 4.45. The van der Waals surface area contributed by atoms with Crippen molar-refractivity contribution in [3.63, 3.8) is 0 Å². The summed E-state index contributed by atoms with van der Waals surface area (Å²) in [7, 11) is 0. The molecule has 0 atom stereocenters. The number of hydrogen-bond donors (Lipinski definition) is 1. The summed E-state index contributed by atoms with van der Waals surface area (Å²) in [5.74, 6) is -0.340. The molecule has 0 spiro atoms. The van der Waals surface area contributed by atoms with Crippen molar-refractivity contribution in [1.82, 2.24) is 15.1 Å². The Kier molecular flexibility index (Phi) is 5.31. The average molecular weight is 281 g/mol. The van der Waals surface area contributed by atoms with Gasteiger partial charge in [-0.2, -0.15) is 5.10 Å². The van der Waals surface area contributed by atoms with Gasteiger partial charge in [0.05, 0.1) is 0 Å². The van der Waals surface area contributed by atoms with Gasteiger partial charge in [0.15, 0.2) is 0 Å². The molecular weight excluding hydrogens is 266 g/mol. The van der Waals surface area contributed by atoms with Crippen molar-refractivity contribution in [3.05, 3.63) is 17.5 Å². The van der Waals surface area contributed by atoms with E-state index >= 15 is 0 Å². The Bertz CT molecular complexity index is 432. The summed E-state index contributed by atoms with van der Waals surface area (Å²) in [6, 6.07) is 0.616. The van der Waals surface area contributed by atoms with E-state index in [0.717, 1.165) is 0 Å². The molecule has 0 aliphatic carbocycles.